The predicted molar refractivity (Wildman–Crippen MR) is 95.5 cm³/mol. The molecule has 0 unspecified atom stereocenters. The van der Waals surface area contributed by atoms with Crippen LogP contribution in [0.2, 0.25) is 0 Å². The molecule has 8 heteroatoms. The van der Waals surface area contributed by atoms with Crippen LogP contribution in [-0.2, 0) is 9.53 Å². The Hall–Kier alpha value is -1.77. The van der Waals surface area contributed by atoms with Crippen LogP contribution in [0.15, 0.2) is 24.3 Å². The molecule has 2 rings (SSSR count). The second-order valence-corrected chi connectivity index (χ2v) is 5.90. The van der Waals surface area contributed by atoms with Gasteiger partial charge in [0, 0.05) is 39.8 Å². The molecule has 0 atom stereocenters. The van der Waals surface area contributed by atoms with E-state index in [9.17, 15) is 9.18 Å². The number of carbonyl (C=O) groups is 1. The van der Waals surface area contributed by atoms with E-state index in [1.54, 1.807) is 25.3 Å². The number of methoxy groups -OCH3 is 1. The highest BCUT2D eigenvalue weighted by Gasteiger charge is 2.20. The molecule has 6 nitrogen and oxygen atoms in total. The highest BCUT2D eigenvalue weighted by atomic mass is 32.1. The molecule has 0 aliphatic carbocycles. The van der Waals surface area contributed by atoms with Crippen LogP contribution in [0.1, 0.15) is 0 Å². The summed E-state index contributed by atoms with van der Waals surface area (Å²) < 4.78 is 18.5. The van der Waals surface area contributed by atoms with Crippen molar-refractivity contribution in [3.63, 3.8) is 0 Å². The second-order valence-electron chi connectivity index (χ2n) is 5.52. The van der Waals surface area contributed by atoms with Gasteiger partial charge in [-0.05, 0) is 24.4 Å². The highest BCUT2D eigenvalue weighted by Crippen LogP contribution is 2.14. The van der Waals surface area contributed by atoms with Gasteiger partial charge in [0.25, 0.3) is 0 Å². The van der Waals surface area contributed by atoms with Gasteiger partial charge in [0.2, 0.25) is 5.91 Å². The molecule has 0 bridgehead atoms. The standard InChI is InChI=1S/C16H23FN4O2S/c1-23-11-6-18-15(22)12-20-7-9-21(10-8-20)16(24)19-14-5-3-2-4-13(14)17/h2-5H,6-12H2,1H3,(H,18,22)(H,19,24). The first-order chi connectivity index (χ1) is 11.6. The quantitative estimate of drug-likeness (QED) is 0.585. The number of ether oxygens (including phenoxy) is 1. The van der Waals surface area contributed by atoms with E-state index in [0.29, 0.717) is 43.6 Å². The van der Waals surface area contributed by atoms with Gasteiger partial charge in [-0.3, -0.25) is 9.69 Å². The van der Waals surface area contributed by atoms with Gasteiger partial charge in [-0.2, -0.15) is 0 Å². The number of piperazine rings is 1. The summed E-state index contributed by atoms with van der Waals surface area (Å²) >= 11 is 5.35. The minimum absolute atomic E-state index is 0.00689. The van der Waals surface area contributed by atoms with Crippen LogP contribution in [-0.4, -0.2) is 73.8 Å². The Balaban J connectivity index is 1.73. The fourth-order valence-electron chi connectivity index (χ4n) is 2.42. The van der Waals surface area contributed by atoms with Gasteiger partial charge in [-0.15, -0.1) is 0 Å². The van der Waals surface area contributed by atoms with Crippen molar-refractivity contribution in [3.05, 3.63) is 30.1 Å². The molecule has 2 N–H and O–H groups in total. The summed E-state index contributed by atoms with van der Waals surface area (Å²) in [6.45, 7) is 4.26. The number of rotatable bonds is 6. The SMILES string of the molecule is COCCNC(=O)CN1CCN(C(=S)Nc2ccccc2F)CC1. The molecule has 132 valence electrons. The highest BCUT2D eigenvalue weighted by molar-refractivity contribution is 7.80. The van der Waals surface area contributed by atoms with E-state index in [4.69, 9.17) is 17.0 Å². The van der Waals surface area contributed by atoms with Crippen molar-refractivity contribution in [1.29, 1.82) is 0 Å². The zero-order chi connectivity index (χ0) is 17.4. The summed E-state index contributed by atoms with van der Waals surface area (Å²) in [6, 6.07) is 6.45. The summed E-state index contributed by atoms with van der Waals surface area (Å²) in [5, 5.41) is 6.25. The van der Waals surface area contributed by atoms with Crippen LogP contribution in [0.5, 0.6) is 0 Å². The summed E-state index contributed by atoms with van der Waals surface area (Å²) in [5.41, 5.74) is 0.377. The number of carbonyl (C=O) groups excluding carboxylic acids is 1. The zero-order valence-corrected chi connectivity index (χ0v) is 14.6. The van der Waals surface area contributed by atoms with E-state index in [0.717, 1.165) is 13.1 Å². The summed E-state index contributed by atoms with van der Waals surface area (Å²) in [7, 11) is 1.60. The lowest BCUT2D eigenvalue weighted by Crippen LogP contribution is -2.52. The number of anilines is 1. The van der Waals surface area contributed by atoms with Crippen molar-refractivity contribution in [3.8, 4) is 0 Å². The topological polar surface area (TPSA) is 56.8 Å². The van der Waals surface area contributed by atoms with Crippen LogP contribution in [0.4, 0.5) is 10.1 Å². The van der Waals surface area contributed by atoms with Gasteiger partial charge >= 0.3 is 0 Å². The average molecular weight is 354 g/mol. The number of thiocarbonyl (C=S) groups is 1. The van der Waals surface area contributed by atoms with E-state index in [-0.39, 0.29) is 11.7 Å². The molecule has 0 aromatic heterocycles. The third kappa shape index (κ3) is 5.70. The Morgan fingerprint density at radius 1 is 1.29 bits per heavy atom. The van der Waals surface area contributed by atoms with Crippen molar-refractivity contribution in [2.45, 2.75) is 0 Å². The van der Waals surface area contributed by atoms with E-state index in [1.165, 1.54) is 6.07 Å². The van der Waals surface area contributed by atoms with Crippen molar-refractivity contribution in [2.24, 2.45) is 0 Å². The fraction of sp³-hybridized carbons (Fsp3) is 0.500. The molecule has 1 saturated heterocycles. The number of amides is 1. The molecule has 1 fully saturated rings. The van der Waals surface area contributed by atoms with Gasteiger partial charge in [0.15, 0.2) is 5.11 Å². The molecule has 1 aliphatic heterocycles. The zero-order valence-electron chi connectivity index (χ0n) is 13.8. The molecular weight excluding hydrogens is 331 g/mol. The van der Waals surface area contributed by atoms with Crippen molar-refractivity contribution >= 4 is 28.9 Å². The second kappa shape index (κ2) is 9.51. The van der Waals surface area contributed by atoms with Gasteiger partial charge < -0.3 is 20.3 Å². The van der Waals surface area contributed by atoms with Crippen LogP contribution in [0.3, 0.4) is 0 Å². The number of nitrogens with one attached hydrogen (secondary N) is 2. The number of nitrogens with zero attached hydrogens (tertiary/aromatic N) is 2. The Morgan fingerprint density at radius 3 is 2.67 bits per heavy atom. The summed E-state index contributed by atoms with van der Waals surface area (Å²) in [4.78, 5) is 15.8. The molecule has 1 aromatic rings. The summed E-state index contributed by atoms with van der Waals surface area (Å²) in [5.74, 6) is -0.334. The molecule has 1 aliphatic rings. The number of benzene rings is 1. The Morgan fingerprint density at radius 2 is 2.00 bits per heavy atom. The predicted octanol–water partition coefficient (Wildman–Crippen LogP) is 0.903. The Bertz CT molecular complexity index is 565. The van der Waals surface area contributed by atoms with Crippen LogP contribution in [0, 0.1) is 5.82 Å². The lowest BCUT2D eigenvalue weighted by atomic mass is 10.3. The molecule has 0 saturated carbocycles. The average Bonchev–Trinajstić information content (AvgIpc) is 2.58. The van der Waals surface area contributed by atoms with E-state index in [2.05, 4.69) is 15.5 Å². The first kappa shape index (κ1) is 18.6. The monoisotopic (exact) mass is 354 g/mol. The van der Waals surface area contributed by atoms with Crippen LogP contribution < -0.4 is 10.6 Å². The summed E-state index contributed by atoms with van der Waals surface area (Å²) in [6.07, 6.45) is 0. The maximum absolute atomic E-state index is 13.6. The molecular formula is C16H23FN4O2S. The normalized spacial score (nSPS) is 15.2. The molecule has 1 aromatic carbocycles. The van der Waals surface area contributed by atoms with Gasteiger partial charge in [-0.25, -0.2) is 4.39 Å². The fourth-order valence-corrected chi connectivity index (χ4v) is 2.71. The van der Waals surface area contributed by atoms with Gasteiger partial charge in [0.05, 0.1) is 18.8 Å². The largest absolute Gasteiger partial charge is 0.383 e. The maximum Gasteiger partial charge on any atom is 0.234 e. The van der Waals surface area contributed by atoms with Crippen molar-refractivity contribution in [1.82, 2.24) is 15.1 Å². The number of hydrogen-bond donors (Lipinski definition) is 2. The first-order valence-electron chi connectivity index (χ1n) is 7.88. The minimum atomic E-state index is -0.328. The van der Waals surface area contributed by atoms with Gasteiger partial charge in [0.1, 0.15) is 5.82 Å². The number of halogens is 1. The minimum Gasteiger partial charge on any atom is -0.383 e. The molecule has 0 spiro atoms. The van der Waals surface area contributed by atoms with Crippen LogP contribution >= 0.6 is 12.2 Å². The smallest absolute Gasteiger partial charge is 0.234 e. The van der Waals surface area contributed by atoms with E-state index in [1.807, 2.05) is 4.90 Å². The molecule has 1 amide bonds. The molecule has 24 heavy (non-hydrogen) atoms. The molecule has 0 radical (unpaired) electrons. The maximum atomic E-state index is 13.6. The van der Waals surface area contributed by atoms with Crippen molar-refractivity contribution < 1.29 is 13.9 Å². The molecule has 1 heterocycles. The van der Waals surface area contributed by atoms with E-state index >= 15 is 0 Å². The number of para-hydroxylation sites is 1. The lowest BCUT2D eigenvalue weighted by Gasteiger charge is -2.35. The first-order valence-corrected chi connectivity index (χ1v) is 8.29. The van der Waals surface area contributed by atoms with Crippen molar-refractivity contribution in [2.75, 3.05) is 58.3 Å². The van der Waals surface area contributed by atoms with Gasteiger partial charge in [-0.1, -0.05) is 12.1 Å². The van der Waals surface area contributed by atoms with E-state index < -0.39 is 0 Å². The van der Waals surface area contributed by atoms with Crippen LogP contribution in [0.25, 0.3) is 0 Å². The third-order valence-corrected chi connectivity index (χ3v) is 4.13. The third-order valence-electron chi connectivity index (χ3n) is 3.77. The lowest BCUT2D eigenvalue weighted by molar-refractivity contribution is -0.122. The Kier molecular flexibility index (Phi) is 7.36. The number of hydrogen-bond acceptors (Lipinski definition) is 4. The Labute approximate surface area is 146 Å².